The molecule has 29 heavy (non-hydrogen) atoms. The molecule has 10 heteroatoms. The van der Waals surface area contributed by atoms with E-state index in [1.165, 1.54) is 10.8 Å². The van der Waals surface area contributed by atoms with E-state index in [1.54, 1.807) is 11.8 Å². The van der Waals surface area contributed by atoms with Crippen LogP contribution in [0.1, 0.15) is 53.0 Å². The highest BCUT2D eigenvalue weighted by Crippen LogP contribution is 2.43. The van der Waals surface area contributed by atoms with Crippen LogP contribution in [0.5, 0.6) is 0 Å². The fraction of sp³-hybridized carbons (Fsp3) is 0.737. The third kappa shape index (κ3) is 4.75. The van der Waals surface area contributed by atoms with Gasteiger partial charge in [0, 0.05) is 25.7 Å². The Kier molecular flexibility index (Phi) is 5.74. The van der Waals surface area contributed by atoms with Crippen LogP contribution >= 0.6 is 15.9 Å². The average molecular weight is 474 g/mol. The van der Waals surface area contributed by atoms with Crippen LogP contribution in [0, 0.1) is 0 Å². The van der Waals surface area contributed by atoms with Gasteiger partial charge in [-0.15, -0.1) is 0 Å². The van der Waals surface area contributed by atoms with Crippen LogP contribution < -0.4 is 11.2 Å². The van der Waals surface area contributed by atoms with E-state index < -0.39 is 34.1 Å². The molecule has 2 atom stereocenters. The molecule has 0 aliphatic carbocycles. The summed E-state index contributed by atoms with van der Waals surface area (Å²) in [7, 11) is 0. The molecule has 0 radical (unpaired) electrons. The Balaban J connectivity index is 1.71. The number of likely N-dealkylation sites (tertiary alicyclic amines) is 1. The van der Waals surface area contributed by atoms with E-state index in [4.69, 9.17) is 9.47 Å². The maximum absolute atomic E-state index is 12.3. The first-order valence-corrected chi connectivity index (χ1v) is 10.5. The number of H-pyrrole nitrogens is 1. The lowest BCUT2D eigenvalue weighted by atomic mass is 9.75. The topological polar surface area (TPSA) is 114 Å². The summed E-state index contributed by atoms with van der Waals surface area (Å²) in [5.74, 6) is 0. The molecule has 2 aliphatic rings. The largest absolute Gasteiger partial charge is 0.444 e. The number of aliphatic hydroxyl groups is 1. The van der Waals surface area contributed by atoms with Gasteiger partial charge in [-0.25, -0.2) is 9.59 Å². The van der Waals surface area contributed by atoms with E-state index in [0.29, 0.717) is 32.4 Å². The predicted molar refractivity (Wildman–Crippen MR) is 109 cm³/mol. The van der Waals surface area contributed by atoms with Crippen molar-refractivity contribution >= 4 is 22.0 Å². The van der Waals surface area contributed by atoms with Crippen molar-refractivity contribution in [3.8, 4) is 0 Å². The number of nitrogens with one attached hydrogen (secondary N) is 1. The van der Waals surface area contributed by atoms with Gasteiger partial charge in [0.25, 0.3) is 5.56 Å². The lowest BCUT2D eigenvalue weighted by Gasteiger charge is -2.51. The summed E-state index contributed by atoms with van der Waals surface area (Å²) in [5.41, 5.74) is -3.46. The van der Waals surface area contributed by atoms with E-state index in [2.05, 4.69) is 20.9 Å². The highest BCUT2D eigenvalue weighted by Gasteiger charge is 2.50. The number of ether oxygens (including phenoxy) is 2. The minimum absolute atomic E-state index is 0.123. The number of carbonyl (C=O) groups excluding carboxylic acids is 1. The van der Waals surface area contributed by atoms with Gasteiger partial charge in [-0.2, -0.15) is 0 Å². The lowest BCUT2D eigenvalue weighted by molar-refractivity contribution is -0.196. The van der Waals surface area contributed by atoms with Gasteiger partial charge < -0.3 is 19.5 Å². The zero-order valence-corrected chi connectivity index (χ0v) is 18.7. The van der Waals surface area contributed by atoms with Gasteiger partial charge in [0.15, 0.2) is 0 Å². The molecule has 0 bridgehead atoms. The maximum Gasteiger partial charge on any atom is 0.410 e. The zero-order valence-electron chi connectivity index (χ0n) is 17.2. The molecule has 9 nitrogen and oxygen atoms in total. The van der Waals surface area contributed by atoms with E-state index in [-0.39, 0.29) is 17.2 Å². The molecular formula is C19H28BrN3O6. The van der Waals surface area contributed by atoms with Crippen molar-refractivity contribution in [2.24, 2.45) is 0 Å². The maximum atomic E-state index is 12.3. The van der Waals surface area contributed by atoms with Gasteiger partial charge in [-0.05, 0) is 56.5 Å². The number of halogens is 1. The predicted octanol–water partition coefficient (Wildman–Crippen LogP) is 1.78. The lowest BCUT2D eigenvalue weighted by Crippen LogP contribution is -2.59. The van der Waals surface area contributed by atoms with Gasteiger partial charge >= 0.3 is 11.8 Å². The Morgan fingerprint density at radius 1 is 1.34 bits per heavy atom. The minimum Gasteiger partial charge on any atom is -0.444 e. The highest BCUT2D eigenvalue weighted by molar-refractivity contribution is 9.10. The molecule has 162 valence electrons. The minimum atomic E-state index is -1.23. The van der Waals surface area contributed by atoms with Gasteiger partial charge in [0.05, 0.1) is 28.3 Å². The van der Waals surface area contributed by atoms with E-state index in [1.807, 2.05) is 20.8 Å². The second kappa shape index (κ2) is 7.55. The number of hydrogen-bond acceptors (Lipinski definition) is 6. The molecule has 1 amide bonds. The summed E-state index contributed by atoms with van der Waals surface area (Å²) in [5, 5.41) is 11.2. The number of nitrogens with zero attached hydrogens (tertiary/aromatic N) is 2. The molecule has 0 unspecified atom stereocenters. The van der Waals surface area contributed by atoms with Crippen molar-refractivity contribution in [2.45, 2.75) is 69.8 Å². The van der Waals surface area contributed by atoms with Crippen LogP contribution in [0.25, 0.3) is 0 Å². The fourth-order valence-corrected chi connectivity index (χ4v) is 4.39. The molecule has 2 aliphatic heterocycles. The van der Waals surface area contributed by atoms with Gasteiger partial charge in [0.1, 0.15) is 5.60 Å². The smallest absolute Gasteiger partial charge is 0.410 e. The summed E-state index contributed by atoms with van der Waals surface area (Å²) >= 11 is 3.12. The van der Waals surface area contributed by atoms with Crippen LogP contribution in [-0.4, -0.2) is 62.2 Å². The first-order chi connectivity index (χ1) is 13.3. The molecule has 2 saturated heterocycles. The van der Waals surface area contributed by atoms with Gasteiger partial charge in [-0.3, -0.25) is 14.3 Å². The SMILES string of the molecule is CC(C)(C)OC(=O)N1CCC2(CC1)C[C@@](C)(O)[C@H](n1cc(Br)c(=O)[nH]c1=O)CO2. The van der Waals surface area contributed by atoms with Crippen LogP contribution in [0.15, 0.2) is 20.3 Å². The molecule has 3 heterocycles. The molecule has 1 aromatic heterocycles. The van der Waals surface area contributed by atoms with E-state index >= 15 is 0 Å². The summed E-state index contributed by atoms with van der Waals surface area (Å²) in [6.45, 7) is 8.23. The quantitative estimate of drug-likeness (QED) is 0.642. The van der Waals surface area contributed by atoms with Crippen LogP contribution in [-0.2, 0) is 9.47 Å². The number of rotatable bonds is 1. The Morgan fingerprint density at radius 3 is 2.52 bits per heavy atom. The Hall–Kier alpha value is -1.65. The van der Waals surface area contributed by atoms with E-state index in [0.717, 1.165) is 0 Å². The number of carbonyl (C=O) groups is 1. The van der Waals surface area contributed by atoms with Crippen LogP contribution in [0.2, 0.25) is 0 Å². The monoisotopic (exact) mass is 473 g/mol. The van der Waals surface area contributed by atoms with Crippen molar-refractivity contribution in [3.05, 3.63) is 31.5 Å². The van der Waals surface area contributed by atoms with Crippen LogP contribution in [0.3, 0.4) is 0 Å². The van der Waals surface area contributed by atoms with Gasteiger partial charge in [0.2, 0.25) is 0 Å². The number of aromatic nitrogens is 2. The Morgan fingerprint density at radius 2 is 1.97 bits per heavy atom. The van der Waals surface area contributed by atoms with Gasteiger partial charge in [-0.1, -0.05) is 0 Å². The summed E-state index contributed by atoms with van der Waals surface area (Å²) < 4.78 is 13.1. The standard InChI is InChI=1S/C19H28BrN3O6/c1-17(2,3)29-16(26)22-7-5-19(6-8-22)11-18(4,27)13(10-28-19)23-9-12(20)14(24)21-15(23)25/h9,13,27H,5-8,10-11H2,1-4H3,(H,21,24,25)/t13-,18-/m1/s1. The molecule has 0 aromatic carbocycles. The number of hydrogen-bond donors (Lipinski definition) is 2. The molecular weight excluding hydrogens is 446 g/mol. The van der Waals surface area contributed by atoms with Crippen molar-refractivity contribution in [2.75, 3.05) is 19.7 Å². The number of piperidine rings is 1. The van der Waals surface area contributed by atoms with Crippen molar-refractivity contribution in [3.63, 3.8) is 0 Å². The number of aromatic amines is 1. The van der Waals surface area contributed by atoms with Crippen molar-refractivity contribution in [1.82, 2.24) is 14.5 Å². The Bertz CT molecular complexity index is 892. The summed E-state index contributed by atoms with van der Waals surface area (Å²) in [6, 6.07) is -0.641. The summed E-state index contributed by atoms with van der Waals surface area (Å²) in [6.07, 6.45) is 2.49. The van der Waals surface area contributed by atoms with E-state index in [9.17, 15) is 19.5 Å². The van der Waals surface area contributed by atoms with Crippen molar-refractivity contribution < 1.29 is 19.4 Å². The second-order valence-electron chi connectivity index (χ2n) is 9.15. The summed E-state index contributed by atoms with van der Waals surface area (Å²) in [4.78, 5) is 40.0. The Labute approximate surface area is 177 Å². The average Bonchev–Trinajstić information content (AvgIpc) is 2.57. The molecule has 1 aromatic rings. The van der Waals surface area contributed by atoms with Crippen LogP contribution in [0.4, 0.5) is 4.79 Å². The first kappa shape index (κ1) is 22.0. The normalized spacial score (nSPS) is 27.1. The second-order valence-corrected chi connectivity index (χ2v) is 10.0. The van der Waals surface area contributed by atoms with Crippen molar-refractivity contribution in [1.29, 1.82) is 0 Å². The number of amides is 1. The molecule has 2 N–H and O–H groups in total. The highest BCUT2D eigenvalue weighted by atomic mass is 79.9. The third-order valence-electron chi connectivity index (χ3n) is 5.53. The molecule has 1 spiro atoms. The molecule has 3 rings (SSSR count). The molecule has 0 saturated carbocycles. The third-order valence-corrected chi connectivity index (χ3v) is 6.10. The fourth-order valence-electron chi connectivity index (χ4n) is 4.07. The first-order valence-electron chi connectivity index (χ1n) is 9.67. The zero-order chi connectivity index (χ0) is 21.6. The molecule has 2 fully saturated rings.